The van der Waals surface area contributed by atoms with Crippen LogP contribution in [0.3, 0.4) is 0 Å². The maximum Gasteiger partial charge on any atom is 0.325 e. The van der Waals surface area contributed by atoms with E-state index >= 15 is 0 Å². The van der Waals surface area contributed by atoms with Crippen LogP contribution < -0.4 is 10.6 Å². The molecule has 1 aliphatic rings. The molecule has 1 saturated carbocycles. The normalized spacial score (nSPS) is 15.9. The van der Waals surface area contributed by atoms with Gasteiger partial charge in [0.1, 0.15) is 12.6 Å². The summed E-state index contributed by atoms with van der Waals surface area (Å²) in [7, 11) is 1.44. The molecule has 0 aliphatic heterocycles. The number of hydrogen-bond acceptors (Lipinski definition) is 3. The van der Waals surface area contributed by atoms with E-state index in [-0.39, 0.29) is 18.5 Å². The van der Waals surface area contributed by atoms with Crippen LogP contribution in [0.5, 0.6) is 0 Å². The van der Waals surface area contributed by atoms with Crippen LogP contribution in [0.15, 0.2) is 0 Å². The van der Waals surface area contributed by atoms with E-state index in [1.807, 2.05) is 0 Å². The Kier molecular flexibility index (Phi) is 4.30. The summed E-state index contributed by atoms with van der Waals surface area (Å²) in [4.78, 5) is 34.5. The Bertz CT molecular complexity index is 328. The minimum absolute atomic E-state index is 0.0747. The van der Waals surface area contributed by atoms with Crippen LogP contribution >= 0.6 is 0 Å². The first-order chi connectivity index (χ1) is 7.90. The van der Waals surface area contributed by atoms with Crippen molar-refractivity contribution in [2.75, 3.05) is 13.6 Å². The number of carbonyl (C=O) groups is 3. The zero-order chi connectivity index (χ0) is 13.0. The number of carboxylic acids is 1. The van der Waals surface area contributed by atoms with Gasteiger partial charge in [0.15, 0.2) is 0 Å². The Hall–Kier alpha value is -1.79. The summed E-state index contributed by atoms with van der Waals surface area (Å²) in [6.45, 7) is 1.28. The number of carbonyl (C=O) groups excluding carboxylic acids is 2. The molecule has 0 radical (unpaired) electrons. The summed E-state index contributed by atoms with van der Waals surface area (Å²) < 4.78 is 0. The minimum atomic E-state index is -1.12. The Morgan fingerprint density at radius 2 is 2.00 bits per heavy atom. The molecule has 0 aromatic heterocycles. The fraction of sp³-hybridized carbons (Fsp3) is 0.700. The molecular weight excluding hydrogens is 226 g/mol. The van der Waals surface area contributed by atoms with E-state index < -0.39 is 18.0 Å². The van der Waals surface area contributed by atoms with Crippen LogP contribution in [0.25, 0.3) is 0 Å². The number of carboxylic acid groups (broad SMARTS) is 1. The molecule has 0 saturated heterocycles. The smallest absolute Gasteiger partial charge is 0.325 e. The molecule has 17 heavy (non-hydrogen) atoms. The Morgan fingerprint density at radius 3 is 2.47 bits per heavy atom. The van der Waals surface area contributed by atoms with Gasteiger partial charge in [0.05, 0.1) is 0 Å². The lowest BCUT2D eigenvalue weighted by Crippen LogP contribution is -2.48. The minimum Gasteiger partial charge on any atom is -0.480 e. The fourth-order valence-electron chi connectivity index (χ4n) is 1.15. The molecule has 0 bridgehead atoms. The van der Waals surface area contributed by atoms with E-state index in [1.165, 1.54) is 14.0 Å². The van der Waals surface area contributed by atoms with Crippen molar-refractivity contribution in [2.45, 2.75) is 31.8 Å². The van der Waals surface area contributed by atoms with Gasteiger partial charge in [-0.25, -0.2) is 4.79 Å². The summed E-state index contributed by atoms with van der Waals surface area (Å²) in [5, 5.41) is 13.6. The average Bonchev–Trinajstić information content (AvgIpc) is 3.00. The zero-order valence-corrected chi connectivity index (χ0v) is 9.90. The van der Waals surface area contributed by atoms with Crippen molar-refractivity contribution in [3.05, 3.63) is 0 Å². The Labute approximate surface area is 99.2 Å². The monoisotopic (exact) mass is 243 g/mol. The third kappa shape index (κ3) is 4.71. The molecule has 0 spiro atoms. The quantitative estimate of drug-likeness (QED) is 0.599. The average molecular weight is 243 g/mol. The first-order valence-corrected chi connectivity index (χ1v) is 5.44. The highest BCUT2D eigenvalue weighted by Gasteiger charge is 2.24. The summed E-state index contributed by atoms with van der Waals surface area (Å²) in [5.74, 6) is -1.35. The zero-order valence-electron chi connectivity index (χ0n) is 9.90. The van der Waals surface area contributed by atoms with Gasteiger partial charge in [-0.15, -0.1) is 0 Å². The van der Waals surface area contributed by atoms with Crippen LogP contribution in [0.2, 0.25) is 0 Å². The number of rotatable bonds is 5. The van der Waals surface area contributed by atoms with Crippen molar-refractivity contribution < 1.29 is 19.5 Å². The molecular formula is C10H17N3O4. The topological polar surface area (TPSA) is 98.7 Å². The van der Waals surface area contributed by atoms with E-state index in [0.29, 0.717) is 0 Å². The maximum atomic E-state index is 11.5. The van der Waals surface area contributed by atoms with Crippen molar-refractivity contribution in [2.24, 2.45) is 0 Å². The van der Waals surface area contributed by atoms with Crippen molar-refractivity contribution in [1.82, 2.24) is 15.5 Å². The molecule has 1 rings (SSSR count). The number of hydrogen-bond donors (Lipinski definition) is 3. The molecule has 96 valence electrons. The summed E-state index contributed by atoms with van der Waals surface area (Å²) in [6, 6.07) is -1.31. The first-order valence-electron chi connectivity index (χ1n) is 5.44. The SMILES string of the molecule is C[C@@H](NC(=O)N(C)CC(=O)NC1CC1)C(=O)O. The highest BCUT2D eigenvalue weighted by Crippen LogP contribution is 2.18. The van der Waals surface area contributed by atoms with E-state index in [0.717, 1.165) is 17.7 Å². The van der Waals surface area contributed by atoms with Gasteiger partial charge in [-0.3, -0.25) is 9.59 Å². The van der Waals surface area contributed by atoms with E-state index in [9.17, 15) is 14.4 Å². The third-order valence-corrected chi connectivity index (χ3v) is 2.38. The molecule has 1 fully saturated rings. The molecule has 0 aromatic rings. The van der Waals surface area contributed by atoms with Gasteiger partial charge >= 0.3 is 12.0 Å². The highest BCUT2D eigenvalue weighted by atomic mass is 16.4. The number of amides is 3. The summed E-state index contributed by atoms with van der Waals surface area (Å²) >= 11 is 0. The maximum absolute atomic E-state index is 11.5. The molecule has 0 aromatic carbocycles. The third-order valence-electron chi connectivity index (χ3n) is 2.38. The van der Waals surface area contributed by atoms with Crippen molar-refractivity contribution >= 4 is 17.9 Å². The second-order valence-corrected chi connectivity index (χ2v) is 4.21. The van der Waals surface area contributed by atoms with E-state index in [1.54, 1.807) is 0 Å². The lowest BCUT2D eigenvalue weighted by Gasteiger charge is -2.19. The number of nitrogens with zero attached hydrogens (tertiary/aromatic N) is 1. The van der Waals surface area contributed by atoms with E-state index in [4.69, 9.17) is 5.11 Å². The summed E-state index contributed by atoms with van der Waals surface area (Å²) in [5.41, 5.74) is 0. The second-order valence-electron chi connectivity index (χ2n) is 4.21. The van der Waals surface area contributed by atoms with Gasteiger partial charge in [-0.1, -0.05) is 0 Å². The van der Waals surface area contributed by atoms with Crippen LogP contribution in [-0.4, -0.2) is 53.6 Å². The molecule has 0 unspecified atom stereocenters. The highest BCUT2D eigenvalue weighted by molar-refractivity contribution is 5.86. The standard InChI is InChI=1S/C10H17N3O4/c1-6(9(15)16)11-10(17)13(2)5-8(14)12-7-3-4-7/h6-7H,3-5H2,1-2H3,(H,11,17)(H,12,14)(H,15,16)/t6-/m1/s1. The molecule has 3 N–H and O–H groups in total. The van der Waals surface area contributed by atoms with E-state index in [2.05, 4.69) is 10.6 Å². The fourth-order valence-corrected chi connectivity index (χ4v) is 1.15. The Morgan fingerprint density at radius 1 is 1.41 bits per heavy atom. The molecule has 3 amide bonds. The van der Waals surface area contributed by atoms with Crippen LogP contribution in [0.1, 0.15) is 19.8 Å². The van der Waals surface area contributed by atoms with Crippen LogP contribution in [0.4, 0.5) is 4.79 Å². The van der Waals surface area contributed by atoms with Gasteiger partial charge in [0, 0.05) is 13.1 Å². The lowest BCUT2D eigenvalue weighted by atomic mass is 10.3. The number of aliphatic carboxylic acids is 1. The van der Waals surface area contributed by atoms with Gasteiger partial charge in [-0.2, -0.15) is 0 Å². The first kappa shape index (κ1) is 13.3. The van der Waals surface area contributed by atoms with Gasteiger partial charge in [0.2, 0.25) is 5.91 Å². The number of urea groups is 1. The molecule has 1 aliphatic carbocycles. The van der Waals surface area contributed by atoms with Gasteiger partial charge in [0.25, 0.3) is 0 Å². The Balaban J connectivity index is 2.29. The number of nitrogens with one attached hydrogen (secondary N) is 2. The largest absolute Gasteiger partial charge is 0.480 e. The molecule has 1 atom stereocenters. The molecule has 7 nitrogen and oxygen atoms in total. The van der Waals surface area contributed by atoms with Crippen LogP contribution in [0, 0.1) is 0 Å². The van der Waals surface area contributed by atoms with Crippen molar-refractivity contribution in [3.63, 3.8) is 0 Å². The molecule has 7 heteroatoms. The van der Waals surface area contributed by atoms with Crippen LogP contribution in [-0.2, 0) is 9.59 Å². The summed E-state index contributed by atoms with van der Waals surface area (Å²) in [6.07, 6.45) is 1.97. The predicted molar refractivity (Wildman–Crippen MR) is 59.4 cm³/mol. The van der Waals surface area contributed by atoms with Gasteiger partial charge < -0.3 is 20.6 Å². The van der Waals surface area contributed by atoms with Crippen molar-refractivity contribution in [3.8, 4) is 0 Å². The van der Waals surface area contributed by atoms with Crippen molar-refractivity contribution in [1.29, 1.82) is 0 Å². The van der Waals surface area contributed by atoms with Gasteiger partial charge in [-0.05, 0) is 19.8 Å². The lowest BCUT2D eigenvalue weighted by molar-refractivity contribution is -0.138. The second kappa shape index (κ2) is 5.51. The predicted octanol–water partition coefficient (Wildman–Crippen LogP) is -0.620. The number of likely N-dealkylation sites (N-methyl/N-ethyl adjacent to an activating group) is 1. The molecule has 0 heterocycles.